The molecule has 2 aromatic heterocycles. The molecule has 1 fully saturated rings. The van der Waals surface area contributed by atoms with Crippen molar-refractivity contribution in [2.75, 3.05) is 0 Å². The van der Waals surface area contributed by atoms with E-state index in [9.17, 15) is 5.11 Å². The van der Waals surface area contributed by atoms with Gasteiger partial charge in [-0.3, -0.25) is 14.5 Å². The summed E-state index contributed by atoms with van der Waals surface area (Å²) in [6.45, 7) is 8.37. The summed E-state index contributed by atoms with van der Waals surface area (Å²) in [6, 6.07) is 11.6. The minimum Gasteiger partial charge on any atom is -0.508 e. The summed E-state index contributed by atoms with van der Waals surface area (Å²) in [5.41, 5.74) is 4.40. The monoisotopic (exact) mass is 400 g/mol. The molecular formula is C25H28N4O. The number of rotatable bonds is 4. The van der Waals surface area contributed by atoms with E-state index in [1.54, 1.807) is 30.9 Å². The van der Waals surface area contributed by atoms with Crippen LogP contribution in [0, 0.1) is 5.92 Å². The van der Waals surface area contributed by atoms with Crippen LogP contribution in [0.3, 0.4) is 0 Å². The first-order chi connectivity index (χ1) is 14.5. The minimum atomic E-state index is 0.331. The van der Waals surface area contributed by atoms with E-state index in [0.717, 1.165) is 47.8 Å². The lowest BCUT2D eigenvalue weighted by Gasteiger charge is -2.28. The second kappa shape index (κ2) is 8.66. The summed E-state index contributed by atoms with van der Waals surface area (Å²) >= 11 is 0. The fourth-order valence-corrected chi connectivity index (χ4v) is 4.40. The molecule has 5 nitrogen and oxygen atoms in total. The van der Waals surface area contributed by atoms with Crippen LogP contribution in [0.25, 0.3) is 18.0 Å². The molecule has 0 atom stereocenters. The number of nitrogens with zero attached hydrogens (tertiary/aromatic N) is 4. The molecular weight excluding hydrogens is 372 g/mol. The maximum Gasteiger partial charge on any atom is 0.115 e. The predicted octanol–water partition coefficient (Wildman–Crippen LogP) is 3.95. The minimum absolute atomic E-state index is 0.331. The molecule has 0 spiro atoms. The van der Waals surface area contributed by atoms with Gasteiger partial charge in [-0.15, -0.1) is 0 Å². The Morgan fingerprint density at radius 1 is 1.03 bits per heavy atom. The number of aromatic hydroxyl groups is 1. The van der Waals surface area contributed by atoms with Gasteiger partial charge >= 0.3 is 0 Å². The van der Waals surface area contributed by atoms with E-state index in [0.29, 0.717) is 17.6 Å². The molecule has 5 heteroatoms. The zero-order valence-electron chi connectivity index (χ0n) is 17.6. The average Bonchev–Trinajstić information content (AvgIpc) is 3.16. The fraction of sp³-hybridized carbons (Fsp3) is 0.320. The SMILES string of the molecule is C=c1/c(=C(/C)N=C(C)C2CCC(c3ccc(O)cc3)CC2)ncn1-c1ccncc1. The van der Waals surface area contributed by atoms with Crippen molar-refractivity contribution in [2.45, 2.75) is 45.4 Å². The number of imidazole rings is 1. The first kappa shape index (κ1) is 20.1. The van der Waals surface area contributed by atoms with Gasteiger partial charge in [0, 0.05) is 18.1 Å². The van der Waals surface area contributed by atoms with Gasteiger partial charge < -0.3 is 5.11 Å². The van der Waals surface area contributed by atoms with Gasteiger partial charge in [0.15, 0.2) is 0 Å². The molecule has 0 amide bonds. The van der Waals surface area contributed by atoms with E-state index in [2.05, 4.69) is 23.5 Å². The number of phenolic OH excluding ortho intramolecular Hbond substituents is 1. The third kappa shape index (κ3) is 4.20. The van der Waals surface area contributed by atoms with Crippen LogP contribution < -0.4 is 10.7 Å². The Morgan fingerprint density at radius 3 is 2.37 bits per heavy atom. The summed E-state index contributed by atoms with van der Waals surface area (Å²) in [6.07, 6.45) is 9.90. The van der Waals surface area contributed by atoms with Crippen LogP contribution in [0.5, 0.6) is 5.75 Å². The third-order valence-corrected chi connectivity index (χ3v) is 6.18. The van der Waals surface area contributed by atoms with Gasteiger partial charge in [-0.2, -0.15) is 0 Å². The van der Waals surface area contributed by atoms with Gasteiger partial charge in [-0.25, -0.2) is 4.98 Å². The van der Waals surface area contributed by atoms with Gasteiger partial charge in [-0.05, 0) is 81.2 Å². The second-order valence-corrected chi connectivity index (χ2v) is 8.09. The smallest absolute Gasteiger partial charge is 0.115 e. The third-order valence-electron chi connectivity index (χ3n) is 6.18. The topological polar surface area (TPSA) is 63.3 Å². The van der Waals surface area contributed by atoms with Crippen molar-refractivity contribution in [1.29, 1.82) is 0 Å². The van der Waals surface area contributed by atoms with Gasteiger partial charge in [0.25, 0.3) is 0 Å². The van der Waals surface area contributed by atoms with Crippen LogP contribution >= 0.6 is 0 Å². The van der Waals surface area contributed by atoms with Crippen LogP contribution in [0.4, 0.5) is 0 Å². The number of aromatic nitrogens is 3. The van der Waals surface area contributed by atoms with Crippen molar-refractivity contribution >= 4 is 18.0 Å². The van der Waals surface area contributed by atoms with Gasteiger partial charge in [0.1, 0.15) is 17.4 Å². The standard InChI is InChI=1S/C25H28N4O/c1-17(20-4-6-21(7-5-20)22-8-10-24(30)11-9-22)28-18(2)25-19(3)29(16-27-25)23-12-14-26-15-13-23/h8-16,20-21,30H,3-7H2,1-2H3/b25-18+,28-17?. The number of benzene rings is 1. The summed E-state index contributed by atoms with van der Waals surface area (Å²) in [7, 11) is 0. The summed E-state index contributed by atoms with van der Waals surface area (Å²) in [4.78, 5) is 13.6. The zero-order valence-corrected chi connectivity index (χ0v) is 17.6. The highest BCUT2D eigenvalue weighted by Gasteiger charge is 2.24. The number of hydrogen-bond acceptors (Lipinski definition) is 4. The average molecular weight is 401 g/mol. The highest BCUT2D eigenvalue weighted by molar-refractivity contribution is 5.87. The summed E-state index contributed by atoms with van der Waals surface area (Å²) in [5, 5.41) is 11.2. The van der Waals surface area contributed by atoms with E-state index in [1.165, 1.54) is 11.3 Å². The number of aliphatic imine (C=N–C) groups is 1. The van der Waals surface area contributed by atoms with E-state index < -0.39 is 0 Å². The predicted molar refractivity (Wildman–Crippen MR) is 121 cm³/mol. The molecule has 1 aromatic carbocycles. The Bertz CT molecular complexity index is 1140. The molecule has 3 aromatic rings. The highest BCUT2D eigenvalue weighted by Crippen LogP contribution is 2.36. The number of pyridine rings is 1. The van der Waals surface area contributed by atoms with Crippen LogP contribution in [0.1, 0.15) is 51.0 Å². The van der Waals surface area contributed by atoms with Gasteiger partial charge in [0.05, 0.1) is 16.7 Å². The van der Waals surface area contributed by atoms with Crippen LogP contribution in [0.15, 0.2) is 60.1 Å². The fourth-order valence-electron chi connectivity index (χ4n) is 4.40. The van der Waals surface area contributed by atoms with Gasteiger partial charge in [-0.1, -0.05) is 18.7 Å². The summed E-state index contributed by atoms with van der Waals surface area (Å²) in [5.74, 6) is 1.41. The molecule has 0 aliphatic heterocycles. The molecule has 1 aliphatic rings. The first-order valence-electron chi connectivity index (χ1n) is 10.5. The van der Waals surface area contributed by atoms with Crippen LogP contribution in [-0.2, 0) is 0 Å². The number of hydrogen-bond donors (Lipinski definition) is 1. The second-order valence-electron chi connectivity index (χ2n) is 8.09. The molecule has 30 heavy (non-hydrogen) atoms. The van der Waals surface area contributed by atoms with Crippen LogP contribution in [0.2, 0.25) is 0 Å². The maximum atomic E-state index is 9.50. The quantitative estimate of drug-likeness (QED) is 0.675. The zero-order chi connectivity index (χ0) is 21.1. The molecule has 154 valence electrons. The van der Waals surface area contributed by atoms with E-state index >= 15 is 0 Å². The molecule has 2 heterocycles. The molecule has 0 unspecified atom stereocenters. The Balaban J connectivity index is 1.49. The van der Waals surface area contributed by atoms with Crippen molar-refractivity contribution < 1.29 is 5.11 Å². The normalized spacial score (nSPS) is 20.8. The summed E-state index contributed by atoms with van der Waals surface area (Å²) < 4.78 is 1.97. The van der Waals surface area contributed by atoms with E-state index in [1.807, 2.05) is 35.8 Å². The molecule has 0 saturated heterocycles. The van der Waals surface area contributed by atoms with Crippen molar-refractivity contribution in [3.63, 3.8) is 0 Å². The lowest BCUT2D eigenvalue weighted by Crippen LogP contribution is -2.29. The van der Waals surface area contributed by atoms with Crippen molar-refractivity contribution in [3.05, 3.63) is 71.4 Å². The van der Waals surface area contributed by atoms with Crippen molar-refractivity contribution in [1.82, 2.24) is 14.5 Å². The Labute approximate surface area is 177 Å². The lowest BCUT2D eigenvalue weighted by molar-refractivity contribution is 0.391. The lowest BCUT2D eigenvalue weighted by atomic mass is 9.77. The highest BCUT2D eigenvalue weighted by atomic mass is 16.3. The first-order valence-corrected chi connectivity index (χ1v) is 10.5. The van der Waals surface area contributed by atoms with E-state index in [-0.39, 0.29) is 0 Å². The Hall–Kier alpha value is -3.21. The largest absolute Gasteiger partial charge is 0.508 e. The van der Waals surface area contributed by atoms with Crippen LogP contribution in [-0.4, -0.2) is 25.4 Å². The van der Waals surface area contributed by atoms with Crippen molar-refractivity contribution in [3.8, 4) is 11.4 Å². The molecule has 1 saturated carbocycles. The number of phenols is 1. The Kier molecular flexibility index (Phi) is 5.79. The maximum absolute atomic E-state index is 9.50. The molecule has 1 N–H and O–H groups in total. The Morgan fingerprint density at radius 2 is 1.70 bits per heavy atom. The van der Waals surface area contributed by atoms with Crippen molar-refractivity contribution in [2.24, 2.45) is 10.9 Å². The molecule has 0 radical (unpaired) electrons. The van der Waals surface area contributed by atoms with E-state index in [4.69, 9.17) is 4.99 Å². The molecule has 4 rings (SSSR count). The molecule has 1 aliphatic carbocycles. The molecule has 0 bridgehead atoms. The van der Waals surface area contributed by atoms with Gasteiger partial charge in [0.2, 0.25) is 0 Å².